The Morgan fingerprint density at radius 2 is 2.50 bits per heavy atom. The lowest BCUT2D eigenvalue weighted by Crippen LogP contribution is -2.38. The average molecular weight is 137 g/mol. The first-order valence-electron chi connectivity index (χ1n) is 2.18. The summed E-state index contributed by atoms with van der Waals surface area (Å²) in [5.41, 5.74) is 2.40. The van der Waals surface area contributed by atoms with Gasteiger partial charge in [-0.05, 0) is 0 Å². The van der Waals surface area contributed by atoms with E-state index in [1.807, 2.05) is 0 Å². The zero-order valence-electron chi connectivity index (χ0n) is 4.35. The summed E-state index contributed by atoms with van der Waals surface area (Å²) < 4.78 is 0. The third-order valence-electron chi connectivity index (χ3n) is 0.811. The van der Waals surface area contributed by atoms with Gasteiger partial charge >= 0.3 is 0 Å². The summed E-state index contributed by atoms with van der Waals surface area (Å²) in [4.78, 5) is 3.92. The summed E-state index contributed by atoms with van der Waals surface area (Å²) in [6.07, 6.45) is 0. The normalized spacial score (nSPS) is 15.9. The van der Waals surface area contributed by atoms with Crippen molar-refractivity contribution in [1.29, 1.82) is 0 Å². The number of hydrogen-bond acceptors (Lipinski definition) is 4. The van der Waals surface area contributed by atoms with Gasteiger partial charge in [0.15, 0.2) is 0 Å². The van der Waals surface area contributed by atoms with Crippen LogP contribution in [0.3, 0.4) is 0 Å². The minimum Gasteiger partial charge on any atom is -0.353 e. The molecule has 0 saturated heterocycles. The van der Waals surface area contributed by atoms with Gasteiger partial charge in [0, 0.05) is 6.54 Å². The molecule has 48 valence electrons. The van der Waals surface area contributed by atoms with E-state index in [9.17, 15) is 0 Å². The number of nitrogens with zero attached hydrogens (tertiary/aromatic N) is 1. The fourth-order valence-electron chi connectivity index (χ4n) is 0.495. The van der Waals surface area contributed by atoms with Crippen LogP contribution in [0.25, 0.3) is 0 Å². The summed E-state index contributed by atoms with van der Waals surface area (Å²) >= 11 is 0. The van der Waals surface area contributed by atoms with E-state index in [0.717, 1.165) is 13.1 Å². The number of rotatable bonds is 0. The van der Waals surface area contributed by atoms with Crippen molar-refractivity contribution in [3.8, 4) is 0 Å². The monoisotopic (exact) mass is 136 g/mol. The van der Waals surface area contributed by atoms with Gasteiger partial charge in [-0.15, -0.1) is 12.4 Å². The largest absolute Gasteiger partial charge is 0.353 e. The Bertz CT molecular complexity index is 91.3. The highest BCUT2D eigenvalue weighted by Gasteiger charge is 1.98. The number of halogens is 1. The first-order valence-corrected chi connectivity index (χ1v) is 2.18. The predicted molar refractivity (Wildman–Crippen MR) is 34.9 cm³/mol. The average Bonchev–Trinajstić information content (AvgIpc) is 2.14. The minimum absolute atomic E-state index is 0. The number of aliphatic imine (C=N–C) groups is 1. The van der Waals surface area contributed by atoms with Crippen LogP contribution in [0.1, 0.15) is 0 Å². The Labute approximate surface area is 53.9 Å². The fraction of sp³-hybridized carbons (Fsp3) is 0.667. The molecule has 1 heterocycles. The molecule has 0 amide bonds. The topological polar surface area (TPSA) is 62.4 Å². The van der Waals surface area contributed by atoms with Gasteiger partial charge in [0.2, 0.25) is 5.96 Å². The van der Waals surface area contributed by atoms with Crippen molar-refractivity contribution >= 4 is 18.4 Å². The molecule has 0 fully saturated rings. The molecule has 1 rings (SSSR count). The molecule has 0 aromatic heterocycles. The Morgan fingerprint density at radius 3 is 2.75 bits per heavy atom. The molecule has 0 bridgehead atoms. The van der Waals surface area contributed by atoms with E-state index in [2.05, 4.69) is 15.7 Å². The molecule has 0 atom stereocenters. The first-order chi connectivity index (χ1) is 3.43. The number of nitrogens with one attached hydrogen (secondary N) is 2. The van der Waals surface area contributed by atoms with E-state index in [0.29, 0.717) is 5.96 Å². The standard InChI is InChI=1S/C3H8N4.ClH/c4-7-3-5-1-2-6-3;/h1-2,4H2,(H2,5,6,7);1H. The van der Waals surface area contributed by atoms with E-state index in [4.69, 9.17) is 5.84 Å². The second-order valence-electron chi connectivity index (χ2n) is 1.30. The predicted octanol–water partition coefficient (Wildman–Crippen LogP) is -1.17. The van der Waals surface area contributed by atoms with E-state index in [1.165, 1.54) is 0 Å². The molecule has 0 radical (unpaired) electrons. The molecule has 8 heavy (non-hydrogen) atoms. The van der Waals surface area contributed by atoms with Crippen molar-refractivity contribution in [2.24, 2.45) is 10.8 Å². The second-order valence-corrected chi connectivity index (χ2v) is 1.30. The maximum atomic E-state index is 4.99. The molecule has 4 nitrogen and oxygen atoms in total. The Hall–Kier alpha value is -0.480. The number of hydrazine groups is 1. The van der Waals surface area contributed by atoms with E-state index < -0.39 is 0 Å². The molecule has 1 aliphatic rings. The van der Waals surface area contributed by atoms with Gasteiger partial charge < -0.3 is 5.32 Å². The van der Waals surface area contributed by atoms with E-state index >= 15 is 0 Å². The fourth-order valence-corrected chi connectivity index (χ4v) is 0.495. The lowest BCUT2D eigenvalue weighted by Gasteiger charge is -1.95. The van der Waals surface area contributed by atoms with Gasteiger partial charge in [-0.2, -0.15) is 0 Å². The zero-order chi connectivity index (χ0) is 5.11. The van der Waals surface area contributed by atoms with E-state index in [1.54, 1.807) is 0 Å². The third kappa shape index (κ3) is 1.55. The Kier molecular flexibility index (Phi) is 3.30. The highest BCUT2D eigenvalue weighted by molar-refractivity contribution is 5.85. The van der Waals surface area contributed by atoms with Crippen molar-refractivity contribution < 1.29 is 0 Å². The Morgan fingerprint density at radius 1 is 1.75 bits per heavy atom. The van der Waals surface area contributed by atoms with E-state index in [-0.39, 0.29) is 12.4 Å². The Balaban J connectivity index is 0.000000490. The summed E-state index contributed by atoms with van der Waals surface area (Å²) in [6.45, 7) is 1.74. The third-order valence-corrected chi connectivity index (χ3v) is 0.811. The van der Waals surface area contributed by atoms with Crippen LogP contribution in [0.2, 0.25) is 0 Å². The van der Waals surface area contributed by atoms with Gasteiger partial charge in [-0.1, -0.05) is 0 Å². The minimum atomic E-state index is 0. The van der Waals surface area contributed by atoms with Crippen molar-refractivity contribution in [1.82, 2.24) is 10.7 Å². The number of hydrogen-bond donors (Lipinski definition) is 3. The summed E-state index contributed by atoms with van der Waals surface area (Å²) in [6, 6.07) is 0. The van der Waals surface area contributed by atoms with Crippen molar-refractivity contribution in [2.75, 3.05) is 13.1 Å². The van der Waals surface area contributed by atoms with Gasteiger partial charge in [0.1, 0.15) is 0 Å². The SMILES string of the molecule is Cl.NNC1=NCCN1. The lowest BCUT2D eigenvalue weighted by atomic mass is 10.7. The maximum absolute atomic E-state index is 4.99. The van der Waals surface area contributed by atoms with Crippen LogP contribution in [-0.4, -0.2) is 19.0 Å². The van der Waals surface area contributed by atoms with Crippen LogP contribution >= 0.6 is 12.4 Å². The van der Waals surface area contributed by atoms with Crippen LogP contribution in [0.15, 0.2) is 4.99 Å². The summed E-state index contributed by atoms with van der Waals surface area (Å²) in [5, 5.41) is 2.92. The highest BCUT2D eigenvalue weighted by Crippen LogP contribution is 1.76. The number of guanidine groups is 1. The molecular weight excluding hydrogens is 128 g/mol. The molecule has 4 N–H and O–H groups in total. The first kappa shape index (κ1) is 7.52. The van der Waals surface area contributed by atoms with Gasteiger partial charge in [-0.25, -0.2) is 5.84 Å². The molecule has 0 aromatic carbocycles. The van der Waals surface area contributed by atoms with Gasteiger partial charge in [0.05, 0.1) is 6.54 Å². The molecule has 0 aliphatic carbocycles. The number of nitrogens with two attached hydrogens (primary N) is 1. The van der Waals surface area contributed by atoms with Crippen molar-refractivity contribution in [2.45, 2.75) is 0 Å². The quantitative estimate of drug-likeness (QED) is 0.291. The molecule has 0 saturated carbocycles. The smallest absolute Gasteiger partial charge is 0.205 e. The van der Waals surface area contributed by atoms with Gasteiger partial charge in [0.25, 0.3) is 0 Å². The van der Waals surface area contributed by atoms with Gasteiger partial charge in [-0.3, -0.25) is 10.4 Å². The van der Waals surface area contributed by atoms with Crippen molar-refractivity contribution in [3.63, 3.8) is 0 Å². The van der Waals surface area contributed by atoms with Crippen LogP contribution in [0, 0.1) is 0 Å². The second kappa shape index (κ2) is 3.51. The van der Waals surface area contributed by atoms with Crippen molar-refractivity contribution in [3.05, 3.63) is 0 Å². The molecule has 0 unspecified atom stereocenters. The molecule has 1 aliphatic heterocycles. The molecule has 5 heteroatoms. The maximum Gasteiger partial charge on any atom is 0.205 e. The summed E-state index contributed by atoms with van der Waals surface area (Å²) in [7, 11) is 0. The molecular formula is C3H9ClN4. The zero-order valence-corrected chi connectivity index (χ0v) is 5.16. The highest BCUT2D eigenvalue weighted by atomic mass is 35.5. The lowest BCUT2D eigenvalue weighted by molar-refractivity contribution is 0.917. The molecule has 0 spiro atoms. The van der Waals surface area contributed by atoms with Crippen LogP contribution in [-0.2, 0) is 0 Å². The van der Waals surface area contributed by atoms with Crippen LogP contribution in [0.4, 0.5) is 0 Å². The summed E-state index contributed by atoms with van der Waals surface area (Å²) in [5.74, 6) is 5.68. The van der Waals surface area contributed by atoms with Crippen LogP contribution in [0.5, 0.6) is 0 Å². The molecule has 0 aromatic rings. The van der Waals surface area contributed by atoms with Crippen LogP contribution < -0.4 is 16.6 Å².